The molecule has 0 N–H and O–H groups in total. The van der Waals surface area contributed by atoms with E-state index in [0.29, 0.717) is 36.8 Å². The second-order valence-electron chi connectivity index (χ2n) is 10.0. The van der Waals surface area contributed by atoms with Crippen LogP contribution < -0.4 is 20.3 Å². The number of ether oxygens (including phenoxy) is 2. The number of pyridine rings is 2. The van der Waals surface area contributed by atoms with Crippen LogP contribution in [0.4, 0.5) is 0 Å². The summed E-state index contributed by atoms with van der Waals surface area (Å²) in [6.07, 6.45) is 7.68. The minimum absolute atomic E-state index is 0.0877. The molecule has 1 saturated carbocycles. The fourth-order valence-corrected chi connectivity index (χ4v) is 5.48. The lowest BCUT2D eigenvalue weighted by atomic mass is 9.90. The molecule has 0 amide bonds. The van der Waals surface area contributed by atoms with Crippen molar-refractivity contribution in [3.63, 3.8) is 0 Å². The molecule has 0 aliphatic heterocycles. The Morgan fingerprint density at radius 1 is 0.605 bits per heavy atom. The molecule has 2 aromatic carbocycles. The number of aromatic nitrogens is 2. The van der Waals surface area contributed by atoms with Crippen LogP contribution in [0.2, 0.25) is 0 Å². The van der Waals surface area contributed by atoms with Crippen LogP contribution in [0.3, 0.4) is 0 Å². The van der Waals surface area contributed by atoms with Crippen molar-refractivity contribution in [2.75, 3.05) is 0 Å². The molecule has 2 aromatic heterocycles. The van der Waals surface area contributed by atoms with Gasteiger partial charge in [-0.1, -0.05) is 60.7 Å². The number of hydrogen-bond acceptors (Lipinski definition) is 4. The molecule has 1 fully saturated rings. The molecule has 6 heteroatoms. The molecule has 6 nitrogen and oxygen atoms in total. The summed E-state index contributed by atoms with van der Waals surface area (Å²) in [5, 5.41) is 0. The van der Waals surface area contributed by atoms with Crippen molar-refractivity contribution in [3.8, 4) is 11.5 Å². The first-order valence-corrected chi connectivity index (χ1v) is 13.3. The van der Waals surface area contributed by atoms with Crippen molar-refractivity contribution >= 4 is 0 Å². The highest BCUT2D eigenvalue weighted by Gasteiger charge is 2.26. The lowest BCUT2D eigenvalue weighted by molar-refractivity contribution is 0.253. The average Bonchev–Trinajstić information content (AvgIpc) is 2.94. The second kappa shape index (κ2) is 11.5. The maximum Gasteiger partial charge on any atom is 0.223 e. The molecule has 0 saturated heterocycles. The number of nitrogens with zero attached hydrogens (tertiary/aromatic N) is 2. The molecule has 5 rings (SSSR count). The fraction of sp³-hybridized carbons (Fsp3) is 0.312. The monoisotopic (exact) mass is 510 g/mol. The Balaban J connectivity index is 1.27. The summed E-state index contributed by atoms with van der Waals surface area (Å²) in [4.78, 5) is 25.2. The normalized spacial score (nSPS) is 17.2. The zero-order chi connectivity index (χ0) is 26.5. The van der Waals surface area contributed by atoms with Gasteiger partial charge >= 0.3 is 0 Å². The summed E-state index contributed by atoms with van der Waals surface area (Å²) in [7, 11) is 0. The first kappa shape index (κ1) is 25.6. The van der Waals surface area contributed by atoms with Gasteiger partial charge in [-0.25, -0.2) is 0 Å². The van der Waals surface area contributed by atoms with E-state index in [1.165, 1.54) is 0 Å². The highest BCUT2D eigenvalue weighted by molar-refractivity contribution is 5.30. The van der Waals surface area contributed by atoms with Gasteiger partial charge in [0.25, 0.3) is 0 Å². The van der Waals surface area contributed by atoms with E-state index in [1.807, 2.05) is 86.9 Å². The average molecular weight is 511 g/mol. The van der Waals surface area contributed by atoms with Gasteiger partial charge < -0.3 is 18.6 Å². The zero-order valence-corrected chi connectivity index (χ0v) is 22.0. The van der Waals surface area contributed by atoms with Crippen LogP contribution in [0.1, 0.15) is 60.3 Å². The van der Waals surface area contributed by atoms with Gasteiger partial charge in [-0.2, -0.15) is 0 Å². The summed E-state index contributed by atoms with van der Waals surface area (Å²) < 4.78 is 16.4. The lowest BCUT2D eigenvalue weighted by Gasteiger charge is -2.34. The Hall–Kier alpha value is -4.06. The molecular formula is C32H34N2O4. The molecule has 0 spiro atoms. The lowest BCUT2D eigenvalue weighted by Crippen LogP contribution is -2.25. The van der Waals surface area contributed by atoms with Crippen molar-refractivity contribution in [1.29, 1.82) is 0 Å². The van der Waals surface area contributed by atoms with Crippen LogP contribution in [-0.2, 0) is 13.2 Å². The van der Waals surface area contributed by atoms with Gasteiger partial charge in [0, 0.05) is 36.6 Å². The summed E-state index contributed by atoms with van der Waals surface area (Å²) in [6, 6.07) is 23.6. The zero-order valence-electron chi connectivity index (χ0n) is 22.0. The Morgan fingerprint density at radius 3 is 1.34 bits per heavy atom. The molecule has 38 heavy (non-hydrogen) atoms. The van der Waals surface area contributed by atoms with Crippen LogP contribution >= 0.6 is 0 Å². The molecular weight excluding hydrogens is 476 g/mol. The minimum Gasteiger partial charge on any atom is -0.483 e. The van der Waals surface area contributed by atoms with Crippen molar-refractivity contribution in [2.24, 2.45) is 0 Å². The van der Waals surface area contributed by atoms with Gasteiger partial charge in [0.05, 0.1) is 11.4 Å². The predicted octanol–water partition coefficient (Wildman–Crippen LogP) is 6.14. The van der Waals surface area contributed by atoms with Crippen molar-refractivity contribution in [1.82, 2.24) is 9.13 Å². The van der Waals surface area contributed by atoms with Gasteiger partial charge in [-0.15, -0.1) is 0 Å². The minimum atomic E-state index is -0.0877. The van der Waals surface area contributed by atoms with Gasteiger partial charge in [0.15, 0.2) is 11.5 Å². The van der Waals surface area contributed by atoms with Crippen LogP contribution in [-0.4, -0.2) is 9.13 Å². The molecule has 0 radical (unpaired) electrons. The Kier molecular flexibility index (Phi) is 7.78. The molecule has 1 aliphatic rings. The molecule has 4 aromatic rings. The molecule has 0 bridgehead atoms. The predicted molar refractivity (Wildman–Crippen MR) is 149 cm³/mol. The Morgan fingerprint density at radius 2 is 0.974 bits per heavy atom. The van der Waals surface area contributed by atoms with E-state index in [4.69, 9.17) is 9.47 Å². The molecule has 0 atom stereocenters. The maximum atomic E-state index is 12.6. The summed E-state index contributed by atoms with van der Waals surface area (Å²) in [5.41, 5.74) is 3.63. The number of benzene rings is 2. The molecule has 0 unspecified atom stereocenters. The van der Waals surface area contributed by atoms with Gasteiger partial charge in [0.2, 0.25) is 10.9 Å². The van der Waals surface area contributed by atoms with E-state index in [9.17, 15) is 9.59 Å². The van der Waals surface area contributed by atoms with Gasteiger partial charge in [-0.05, 0) is 50.7 Å². The highest BCUT2D eigenvalue weighted by atomic mass is 16.5. The van der Waals surface area contributed by atoms with Gasteiger partial charge in [-0.3, -0.25) is 9.59 Å². The van der Waals surface area contributed by atoms with E-state index < -0.39 is 0 Å². The standard InChI is InChI=1S/C32H34N2O4/c1-23-31(37-21-25-9-5-3-6-10-25)29(35)17-19-33(23)27-13-15-28(16-14-27)34-20-18-30(36)32(24(34)2)38-22-26-11-7-4-8-12-26/h3-12,17-20,27-28H,13-16,21-22H2,1-2H3/t27-,28-. The highest BCUT2D eigenvalue weighted by Crippen LogP contribution is 2.37. The maximum absolute atomic E-state index is 12.6. The van der Waals surface area contributed by atoms with Crippen LogP contribution in [0.15, 0.2) is 94.8 Å². The van der Waals surface area contributed by atoms with Gasteiger partial charge in [0.1, 0.15) is 13.2 Å². The summed E-state index contributed by atoms with van der Waals surface area (Å²) in [6.45, 7) is 4.67. The largest absolute Gasteiger partial charge is 0.483 e. The molecule has 196 valence electrons. The number of rotatable bonds is 8. The van der Waals surface area contributed by atoms with Crippen molar-refractivity contribution in [2.45, 2.75) is 64.8 Å². The van der Waals surface area contributed by atoms with E-state index in [-0.39, 0.29) is 10.9 Å². The Bertz CT molecular complexity index is 1370. The van der Waals surface area contributed by atoms with E-state index in [2.05, 4.69) is 9.13 Å². The van der Waals surface area contributed by atoms with Crippen LogP contribution in [0.5, 0.6) is 11.5 Å². The number of hydrogen-bond donors (Lipinski definition) is 0. The first-order chi connectivity index (χ1) is 18.5. The quantitative estimate of drug-likeness (QED) is 0.286. The van der Waals surface area contributed by atoms with E-state index in [1.54, 1.807) is 12.1 Å². The topological polar surface area (TPSA) is 62.5 Å². The smallest absolute Gasteiger partial charge is 0.223 e. The third kappa shape index (κ3) is 5.59. The summed E-state index contributed by atoms with van der Waals surface area (Å²) >= 11 is 0. The third-order valence-electron chi connectivity index (χ3n) is 7.56. The second-order valence-corrected chi connectivity index (χ2v) is 10.0. The van der Waals surface area contributed by atoms with Crippen LogP contribution in [0, 0.1) is 13.8 Å². The molecule has 2 heterocycles. The van der Waals surface area contributed by atoms with E-state index in [0.717, 1.165) is 48.2 Å². The fourth-order valence-electron chi connectivity index (χ4n) is 5.48. The third-order valence-corrected chi connectivity index (χ3v) is 7.56. The SMILES string of the molecule is Cc1c(OCc2ccccc2)c(=O)ccn1[C@H]1CC[C@H](n2ccc(=O)c(OCc3ccccc3)c2C)CC1. The van der Waals surface area contributed by atoms with Crippen LogP contribution in [0.25, 0.3) is 0 Å². The molecule has 1 aliphatic carbocycles. The first-order valence-electron chi connectivity index (χ1n) is 13.3. The summed E-state index contributed by atoms with van der Waals surface area (Å²) in [5.74, 6) is 0.852. The van der Waals surface area contributed by atoms with Crippen molar-refractivity contribution < 1.29 is 9.47 Å². The van der Waals surface area contributed by atoms with Crippen molar-refractivity contribution in [3.05, 3.63) is 128 Å². The van der Waals surface area contributed by atoms with E-state index >= 15 is 0 Å². The Labute approximate surface area is 223 Å².